The van der Waals surface area contributed by atoms with Crippen LogP contribution >= 0.6 is 0 Å². The van der Waals surface area contributed by atoms with Crippen molar-refractivity contribution in [2.75, 3.05) is 31.6 Å². The minimum absolute atomic E-state index is 0.0698. The van der Waals surface area contributed by atoms with Crippen molar-refractivity contribution in [2.45, 2.75) is 37.8 Å². The van der Waals surface area contributed by atoms with E-state index in [4.69, 9.17) is 0 Å². The first-order valence-corrected chi connectivity index (χ1v) is 10.1. The molecule has 3 heterocycles. The molecule has 0 aromatic carbocycles. The fraction of sp³-hybridized carbons (Fsp3) is 0.733. The van der Waals surface area contributed by atoms with Gasteiger partial charge in [-0.1, -0.05) is 0 Å². The minimum atomic E-state index is -3.08. The monoisotopic (exact) mass is 338 g/mol. The van der Waals surface area contributed by atoms with Gasteiger partial charge in [-0.2, -0.15) is 5.10 Å². The third-order valence-corrected chi connectivity index (χ3v) is 7.17. The van der Waals surface area contributed by atoms with Crippen molar-refractivity contribution in [3.8, 4) is 0 Å². The highest BCUT2D eigenvalue weighted by atomic mass is 32.2. The summed E-state index contributed by atoms with van der Waals surface area (Å²) < 4.78 is 24.1. The number of hydrogen-bond acceptors (Lipinski definition) is 5. The lowest BCUT2D eigenvalue weighted by atomic mass is 9.95. The number of nitrogens with zero attached hydrogens (tertiary/aromatic N) is 3. The zero-order chi connectivity index (χ0) is 16.2. The topological polar surface area (TPSA) is 86.4 Å². The Morgan fingerprint density at radius 3 is 2.74 bits per heavy atom. The predicted molar refractivity (Wildman–Crippen MR) is 85.1 cm³/mol. The Bertz CT molecular complexity index is 742. The molecule has 0 unspecified atom stereocenters. The number of likely N-dealkylation sites (N-methyl/N-ethyl adjacent to an activating group) is 1. The van der Waals surface area contributed by atoms with Crippen molar-refractivity contribution in [3.63, 3.8) is 0 Å². The van der Waals surface area contributed by atoms with Crippen LogP contribution in [0, 0.1) is 0 Å². The molecule has 0 spiro atoms. The molecule has 0 saturated carbocycles. The average Bonchev–Trinajstić information content (AvgIpc) is 3.07. The number of amides is 1. The molecule has 23 heavy (non-hydrogen) atoms. The number of carbonyl (C=O) groups excluding carboxylic acids is 1. The standard InChI is InChI=1S/C15H22N4O3S/c1-18-6-7-19(13-9-23(21,22)8-12(13)18)15(20)14-10-4-2-3-5-11(10)16-17-14/h12-13H,2-9H2,1H3,(H,16,17)/t12-,13+/m1/s1. The number of sulfone groups is 1. The van der Waals surface area contributed by atoms with Crippen LogP contribution in [0.3, 0.4) is 0 Å². The Hall–Kier alpha value is -1.41. The zero-order valence-corrected chi connectivity index (χ0v) is 14.1. The van der Waals surface area contributed by atoms with Gasteiger partial charge in [-0.15, -0.1) is 0 Å². The number of aromatic amines is 1. The highest BCUT2D eigenvalue weighted by Crippen LogP contribution is 2.29. The van der Waals surface area contributed by atoms with E-state index >= 15 is 0 Å². The molecular formula is C15H22N4O3S. The molecular weight excluding hydrogens is 316 g/mol. The number of carbonyl (C=O) groups is 1. The highest BCUT2D eigenvalue weighted by Gasteiger charge is 2.47. The lowest BCUT2D eigenvalue weighted by Crippen LogP contribution is -2.59. The van der Waals surface area contributed by atoms with Gasteiger partial charge in [-0.05, 0) is 32.7 Å². The summed E-state index contributed by atoms with van der Waals surface area (Å²) in [6.07, 6.45) is 4.03. The van der Waals surface area contributed by atoms with Gasteiger partial charge in [0.1, 0.15) is 0 Å². The van der Waals surface area contributed by atoms with E-state index in [2.05, 4.69) is 15.1 Å². The molecule has 1 N–H and O–H groups in total. The van der Waals surface area contributed by atoms with E-state index in [1.54, 1.807) is 4.90 Å². The van der Waals surface area contributed by atoms with Crippen molar-refractivity contribution in [3.05, 3.63) is 17.0 Å². The minimum Gasteiger partial charge on any atom is -0.330 e. The van der Waals surface area contributed by atoms with E-state index in [-0.39, 0.29) is 29.5 Å². The Labute approximate surface area is 135 Å². The number of hydrogen-bond donors (Lipinski definition) is 1. The molecule has 1 aliphatic carbocycles. The van der Waals surface area contributed by atoms with Crippen molar-refractivity contribution in [1.82, 2.24) is 20.0 Å². The van der Waals surface area contributed by atoms with Gasteiger partial charge in [-0.3, -0.25) is 14.8 Å². The van der Waals surface area contributed by atoms with Gasteiger partial charge in [0.25, 0.3) is 5.91 Å². The van der Waals surface area contributed by atoms with Crippen molar-refractivity contribution in [2.24, 2.45) is 0 Å². The van der Waals surface area contributed by atoms with Crippen LogP contribution in [0.2, 0.25) is 0 Å². The predicted octanol–water partition coefficient (Wildman–Crippen LogP) is -0.158. The van der Waals surface area contributed by atoms with E-state index in [1.807, 2.05) is 7.05 Å². The van der Waals surface area contributed by atoms with Gasteiger partial charge in [0, 0.05) is 30.4 Å². The summed E-state index contributed by atoms with van der Waals surface area (Å²) in [6.45, 7) is 1.27. The largest absolute Gasteiger partial charge is 0.330 e. The van der Waals surface area contributed by atoms with Gasteiger partial charge in [-0.25, -0.2) is 8.42 Å². The van der Waals surface area contributed by atoms with E-state index < -0.39 is 9.84 Å². The zero-order valence-electron chi connectivity index (χ0n) is 13.3. The van der Waals surface area contributed by atoms with E-state index in [0.717, 1.165) is 36.9 Å². The first kappa shape index (κ1) is 15.1. The van der Waals surface area contributed by atoms with Crippen molar-refractivity contribution >= 4 is 15.7 Å². The van der Waals surface area contributed by atoms with Crippen LogP contribution in [-0.2, 0) is 22.7 Å². The summed E-state index contributed by atoms with van der Waals surface area (Å²) in [5.41, 5.74) is 2.62. The third kappa shape index (κ3) is 2.48. The maximum atomic E-state index is 13.0. The van der Waals surface area contributed by atoms with Crippen LogP contribution < -0.4 is 0 Å². The number of aromatic nitrogens is 2. The number of piperazine rings is 1. The molecule has 2 saturated heterocycles. The molecule has 1 aromatic heterocycles. The number of rotatable bonds is 1. The number of aryl methyl sites for hydroxylation is 1. The molecule has 8 heteroatoms. The molecule has 3 aliphatic rings. The number of nitrogens with one attached hydrogen (secondary N) is 1. The lowest BCUT2D eigenvalue weighted by Gasteiger charge is -2.42. The van der Waals surface area contributed by atoms with E-state index in [0.29, 0.717) is 18.8 Å². The first-order valence-electron chi connectivity index (χ1n) is 8.24. The summed E-state index contributed by atoms with van der Waals surface area (Å²) in [5, 5.41) is 7.27. The Morgan fingerprint density at radius 1 is 1.17 bits per heavy atom. The van der Waals surface area contributed by atoms with Crippen LogP contribution in [0.15, 0.2) is 0 Å². The van der Waals surface area contributed by atoms with Crippen LogP contribution in [0.1, 0.15) is 34.6 Å². The molecule has 0 radical (unpaired) electrons. The summed E-state index contributed by atoms with van der Waals surface area (Å²) in [6, 6.07) is -0.338. The Morgan fingerprint density at radius 2 is 1.91 bits per heavy atom. The van der Waals surface area contributed by atoms with Gasteiger partial charge in [0.2, 0.25) is 0 Å². The molecule has 2 atom stereocenters. The lowest BCUT2D eigenvalue weighted by molar-refractivity contribution is 0.0403. The molecule has 7 nitrogen and oxygen atoms in total. The van der Waals surface area contributed by atoms with Crippen molar-refractivity contribution < 1.29 is 13.2 Å². The molecule has 2 aliphatic heterocycles. The quantitative estimate of drug-likeness (QED) is 0.769. The molecule has 1 amide bonds. The number of H-pyrrole nitrogens is 1. The second-order valence-corrected chi connectivity index (χ2v) is 9.08. The number of fused-ring (bicyclic) bond motifs is 2. The maximum absolute atomic E-state index is 13.0. The van der Waals surface area contributed by atoms with Crippen molar-refractivity contribution in [1.29, 1.82) is 0 Å². The smallest absolute Gasteiger partial charge is 0.275 e. The van der Waals surface area contributed by atoms with E-state index in [1.165, 1.54) is 0 Å². The van der Waals surface area contributed by atoms with Crippen LogP contribution in [-0.4, -0.2) is 78.0 Å². The van der Waals surface area contributed by atoms with Gasteiger partial charge >= 0.3 is 0 Å². The average molecular weight is 338 g/mol. The summed E-state index contributed by atoms with van der Waals surface area (Å²) in [7, 11) is -1.14. The van der Waals surface area contributed by atoms with Crippen LogP contribution in [0.5, 0.6) is 0 Å². The summed E-state index contributed by atoms with van der Waals surface area (Å²) >= 11 is 0. The normalized spacial score (nSPS) is 30.0. The maximum Gasteiger partial charge on any atom is 0.275 e. The van der Waals surface area contributed by atoms with Crippen LogP contribution in [0.25, 0.3) is 0 Å². The molecule has 2 fully saturated rings. The molecule has 0 bridgehead atoms. The molecule has 126 valence electrons. The second-order valence-electron chi connectivity index (χ2n) is 6.93. The third-order valence-electron chi connectivity index (χ3n) is 5.47. The SMILES string of the molecule is CN1CCN(C(=O)c2n[nH]c3c2CCCC3)[C@H]2CS(=O)(=O)C[C@H]21. The summed E-state index contributed by atoms with van der Waals surface area (Å²) in [5.74, 6) is 0.112. The second kappa shape index (κ2) is 5.31. The van der Waals surface area contributed by atoms with Gasteiger partial charge in [0.15, 0.2) is 15.5 Å². The molecule has 1 aromatic rings. The van der Waals surface area contributed by atoms with E-state index in [9.17, 15) is 13.2 Å². The molecule has 4 rings (SSSR count). The van der Waals surface area contributed by atoms with Gasteiger partial charge in [0.05, 0.1) is 17.5 Å². The highest BCUT2D eigenvalue weighted by molar-refractivity contribution is 7.91. The fourth-order valence-electron chi connectivity index (χ4n) is 4.17. The summed E-state index contributed by atoms with van der Waals surface area (Å²) in [4.78, 5) is 16.8. The first-order chi connectivity index (χ1) is 11.0. The Kier molecular flexibility index (Phi) is 3.49. The Balaban J connectivity index is 1.65. The fourth-order valence-corrected chi connectivity index (χ4v) is 6.23. The van der Waals surface area contributed by atoms with Gasteiger partial charge < -0.3 is 4.90 Å². The van der Waals surface area contributed by atoms with Crippen LogP contribution in [0.4, 0.5) is 0 Å².